The Balaban J connectivity index is 1.44. The number of phenols is 2. The molecule has 2 aromatic rings. The lowest BCUT2D eigenvalue weighted by molar-refractivity contribution is -0.173. The van der Waals surface area contributed by atoms with Crippen molar-refractivity contribution in [1.82, 2.24) is 0 Å². The van der Waals surface area contributed by atoms with E-state index in [4.69, 9.17) is 14.2 Å². The Bertz CT molecular complexity index is 1510. The summed E-state index contributed by atoms with van der Waals surface area (Å²) in [6.07, 6.45) is 6.09. The number of phenolic OH excluding ortho intramolecular Hbond substituents is 2. The van der Waals surface area contributed by atoms with Crippen LogP contribution in [0, 0.1) is 17.8 Å². The summed E-state index contributed by atoms with van der Waals surface area (Å²) in [5, 5.41) is 22.1. The molecule has 0 aromatic heterocycles. The summed E-state index contributed by atoms with van der Waals surface area (Å²) in [5.41, 5.74) is 0.924. The third-order valence-electron chi connectivity index (χ3n) is 9.08. The predicted molar refractivity (Wildman–Crippen MR) is 153 cm³/mol. The van der Waals surface area contributed by atoms with Crippen molar-refractivity contribution in [3.05, 3.63) is 88.0 Å². The van der Waals surface area contributed by atoms with Gasteiger partial charge in [-0.05, 0) is 39.7 Å². The number of hydrogen-bond donors (Lipinski definition) is 2. The molecule has 2 aliphatic heterocycles. The predicted octanol–water partition coefficient (Wildman–Crippen LogP) is 5.63. The average molecular weight is 557 g/mol. The molecule has 0 radical (unpaired) electrons. The van der Waals surface area contributed by atoms with Crippen LogP contribution in [-0.4, -0.2) is 46.2 Å². The highest BCUT2D eigenvalue weighted by Crippen LogP contribution is 2.65. The standard InChI is InChI=1S/C34H36O7/c1-19(2)10-11-22-27(35)15-28-29(30(22)36)31(37)25-14-23-24(17-39-16-21-8-6-5-7-9-21)26-18-40-33(32(23)38,13-12-20(3)4)34(25,26)41-28/h5-10,12,14-15,23-24,26,35-36H,11,13,16-18H2,1-4H3/t23-,24+,26-,33?,34-/m1/s1. The van der Waals surface area contributed by atoms with Crippen LogP contribution in [0.1, 0.15) is 55.6 Å². The minimum atomic E-state index is -1.39. The lowest BCUT2D eigenvalue weighted by Gasteiger charge is -2.58. The van der Waals surface area contributed by atoms with Gasteiger partial charge in [0.1, 0.15) is 22.8 Å². The molecule has 2 aromatic carbocycles. The zero-order valence-electron chi connectivity index (χ0n) is 23.9. The van der Waals surface area contributed by atoms with E-state index in [1.807, 2.05) is 70.2 Å². The molecule has 0 amide bonds. The Hall–Kier alpha value is -3.68. The minimum absolute atomic E-state index is 0.0190. The van der Waals surface area contributed by atoms with Gasteiger partial charge in [0.2, 0.25) is 0 Å². The van der Waals surface area contributed by atoms with Crippen molar-refractivity contribution in [2.75, 3.05) is 13.2 Å². The van der Waals surface area contributed by atoms with Gasteiger partial charge in [-0.3, -0.25) is 9.59 Å². The first-order valence-corrected chi connectivity index (χ1v) is 14.2. The number of Topliss-reactive ketones (excluding diaryl/α,β-unsaturated/α-hetero) is 2. The van der Waals surface area contributed by atoms with Crippen LogP contribution in [0.15, 0.2) is 71.3 Å². The SMILES string of the molecule is CC(C)=CCc1c(O)cc2c(c1O)C(=O)C1=C[C@H]3C(=O)C4(CC=C(C)C)OC[C@H]([C@H]3COCc3ccccc3)[C@]14O2. The molecule has 5 aliphatic rings. The molecule has 41 heavy (non-hydrogen) atoms. The van der Waals surface area contributed by atoms with Crippen molar-refractivity contribution in [3.63, 3.8) is 0 Å². The maximum Gasteiger partial charge on any atom is 0.200 e. The van der Waals surface area contributed by atoms with Crippen LogP contribution in [0.4, 0.5) is 0 Å². The van der Waals surface area contributed by atoms with E-state index in [1.54, 1.807) is 6.08 Å². The second kappa shape index (κ2) is 10.00. The summed E-state index contributed by atoms with van der Waals surface area (Å²) in [6.45, 7) is 8.68. The fourth-order valence-corrected chi connectivity index (χ4v) is 7.08. The van der Waals surface area contributed by atoms with E-state index in [0.29, 0.717) is 18.8 Å². The number of ketones is 2. The topological polar surface area (TPSA) is 102 Å². The molecule has 2 N–H and O–H groups in total. The van der Waals surface area contributed by atoms with Gasteiger partial charge < -0.3 is 24.4 Å². The number of carbonyl (C=O) groups excluding carboxylic acids is 2. The average Bonchev–Trinajstić information content (AvgIpc) is 3.21. The molecule has 5 atom stereocenters. The zero-order valence-corrected chi connectivity index (χ0v) is 23.9. The number of ether oxygens (including phenoxy) is 3. The summed E-state index contributed by atoms with van der Waals surface area (Å²) in [4.78, 5) is 28.5. The maximum absolute atomic E-state index is 14.3. The van der Waals surface area contributed by atoms with Crippen LogP contribution in [0.2, 0.25) is 0 Å². The van der Waals surface area contributed by atoms with Gasteiger partial charge in [-0.2, -0.15) is 0 Å². The molecule has 7 nitrogen and oxygen atoms in total. The lowest BCUT2D eigenvalue weighted by atomic mass is 9.49. The fourth-order valence-electron chi connectivity index (χ4n) is 7.08. The minimum Gasteiger partial charge on any atom is -0.507 e. The first-order valence-electron chi connectivity index (χ1n) is 14.2. The first-order chi connectivity index (χ1) is 19.6. The molecular formula is C34H36O7. The van der Waals surface area contributed by atoms with Crippen LogP contribution in [-0.2, 0) is 27.3 Å². The largest absolute Gasteiger partial charge is 0.507 e. The molecule has 4 bridgehead atoms. The summed E-state index contributed by atoms with van der Waals surface area (Å²) in [5.74, 6) is -2.08. The smallest absolute Gasteiger partial charge is 0.200 e. The molecule has 214 valence electrons. The van der Waals surface area contributed by atoms with Crippen LogP contribution in [0.5, 0.6) is 17.2 Å². The molecule has 2 fully saturated rings. The van der Waals surface area contributed by atoms with E-state index >= 15 is 0 Å². The van der Waals surface area contributed by atoms with Crippen molar-refractivity contribution in [1.29, 1.82) is 0 Å². The fraction of sp³-hybridized carbons (Fsp3) is 0.412. The highest BCUT2D eigenvalue weighted by molar-refractivity contribution is 6.18. The Kier molecular flexibility index (Phi) is 6.70. The van der Waals surface area contributed by atoms with Gasteiger partial charge in [0.15, 0.2) is 22.8 Å². The van der Waals surface area contributed by atoms with E-state index in [2.05, 4.69) is 0 Å². The molecule has 1 saturated carbocycles. The van der Waals surface area contributed by atoms with Gasteiger partial charge in [0.05, 0.1) is 19.8 Å². The molecule has 7 heteroatoms. The summed E-state index contributed by atoms with van der Waals surface area (Å²) in [7, 11) is 0. The molecule has 1 saturated heterocycles. The summed E-state index contributed by atoms with van der Waals surface area (Å²) in [6, 6.07) is 11.2. The Labute approximate surface area is 240 Å². The van der Waals surface area contributed by atoms with Gasteiger partial charge in [-0.15, -0.1) is 0 Å². The quantitative estimate of drug-likeness (QED) is 0.406. The number of rotatable bonds is 8. The van der Waals surface area contributed by atoms with Crippen LogP contribution >= 0.6 is 0 Å². The van der Waals surface area contributed by atoms with E-state index in [1.165, 1.54) is 6.07 Å². The summed E-state index contributed by atoms with van der Waals surface area (Å²) < 4.78 is 19.3. The van der Waals surface area contributed by atoms with E-state index in [0.717, 1.165) is 16.7 Å². The third kappa shape index (κ3) is 4.01. The number of allylic oxidation sites excluding steroid dienone is 4. The Morgan fingerprint density at radius 3 is 2.51 bits per heavy atom. The van der Waals surface area contributed by atoms with E-state index in [9.17, 15) is 19.8 Å². The van der Waals surface area contributed by atoms with Crippen LogP contribution in [0.3, 0.4) is 0 Å². The molecule has 1 unspecified atom stereocenters. The highest BCUT2D eigenvalue weighted by atomic mass is 16.6. The lowest BCUT2D eigenvalue weighted by Crippen LogP contribution is -2.74. The molecule has 3 aliphatic carbocycles. The van der Waals surface area contributed by atoms with Crippen molar-refractivity contribution in [2.24, 2.45) is 17.8 Å². The zero-order chi connectivity index (χ0) is 29.1. The molecular weight excluding hydrogens is 520 g/mol. The first kappa shape index (κ1) is 27.5. The van der Waals surface area contributed by atoms with Gasteiger partial charge in [0.25, 0.3) is 0 Å². The second-order valence-electron chi connectivity index (χ2n) is 12.1. The van der Waals surface area contributed by atoms with Crippen LogP contribution in [0.25, 0.3) is 0 Å². The Morgan fingerprint density at radius 2 is 1.80 bits per heavy atom. The second-order valence-corrected chi connectivity index (χ2v) is 12.1. The Morgan fingerprint density at radius 1 is 1.07 bits per heavy atom. The number of benzene rings is 2. The van der Waals surface area contributed by atoms with Gasteiger partial charge in [-0.25, -0.2) is 0 Å². The van der Waals surface area contributed by atoms with Crippen molar-refractivity contribution < 1.29 is 34.0 Å². The third-order valence-corrected chi connectivity index (χ3v) is 9.08. The molecule has 7 rings (SSSR count). The number of fused-ring (bicyclic) bond motifs is 1. The summed E-state index contributed by atoms with van der Waals surface area (Å²) >= 11 is 0. The van der Waals surface area contributed by atoms with Crippen LogP contribution < -0.4 is 4.74 Å². The maximum atomic E-state index is 14.3. The normalized spacial score (nSPS) is 28.9. The van der Waals surface area contributed by atoms with Gasteiger partial charge >= 0.3 is 0 Å². The van der Waals surface area contributed by atoms with Crippen molar-refractivity contribution in [3.8, 4) is 17.2 Å². The van der Waals surface area contributed by atoms with Crippen molar-refractivity contribution in [2.45, 2.75) is 58.3 Å². The number of hydrogen-bond acceptors (Lipinski definition) is 7. The molecule has 1 spiro atoms. The number of aromatic hydroxyl groups is 2. The van der Waals surface area contributed by atoms with Gasteiger partial charge in [-0.1, -0.05) is 59.7 Å². The van der Waals surface area contributed by atoms with Crippen molar-refractivity contribution >= 4 is 11.6 Å². The van der Waals surface area contributed by atoms with E-state index < -0.39 is 17.1 Å². The van der Waals surface area contributed by atoms with Gasteiger partial charge in [0, 0.05) is 41.4 Å². The molecule has 2 heterocycles. The number of carbonyl (C=O) groups is 2. The van der Waals surface area contributed by atoms with E-state index in [-0.39, 0.29) is 71.2 Å². The monoisotopic (exact) mass is 556 g/mol. The highest BCUT2D eigenvalue weighted by Gasteiger charge is 2.79.